The van der Waals surface area contributed by atoms with Crippen LogP contribution in [0.4, 0.5) is 0 Å². The van der Waals surface area contributed by atoms with Gasteiger partial charge < -0.3 is 28.9 Å². The second-order valence-electron chi connectivity index (χ2n) is 8.53. The van der Waals surface area contributed by atoms with Crippen LogP contribution < -0.4 is 14.2 Å². The number of ether oxygens (including phenoxy) is 3. The van der Waals surface area contributed by atoms with Crippen molar-refractivity contribution in [3.8, 4) is 17.2 Å². The van der Waals surface area contributed by atoms with E-state index >= 15 is 0 Å². The van der Waals surface area contributed by atoms with Gasteiger partial charge in [0.05, 0.1) is 33.3 Å². The number of carbonyl (C=O) groups is 2. The Morgan fingerprint density at radius 1 is 0.879 bits per heavy atom. The van der Waals surface area contributed by atoms with E-state index in [4.69, 9.17) is 14.2 Å². The van der Waals surface area contributed by atoms with Crippen molar-refractivity contribution in [3.63, 3.8) is 0 Å². The van der Waals surface area contributed by atoms with Crippen molar-refractivity contribution in [2.75, 3.05) is 61.6 Å². The number of nitrogens with zero attached hydrogens (tertiary/aromatic N) is 3. The highest BCUT2D eigenvalue weighted by Gasteiger charge is 2.45. The molecule has 8 nitrogen and oxygen atoms in total. The van der Waals surface area contributed by atoms with E-state index in [1.807, 2.05) is 29.2 Å². The van der Waals surface area contributed by atoms with Gasteiger partial charge in [0.15, 0.2) is 11.5 Å². The van der Waals surface area contributed by atoms with Crippen LogP contribution in [0.5, 0.6) is 17.2 Å². The Hall–Kier alpha value is -3.26. The van der Waals surface area contributed by atoms with Crippen molar-refractivity contribution in [3.05, 3.63) is 53.1 Å². The van der Waals surface area contributed by atoms with E-state index in [9.17, 15) is 9.59 Å². The molecule has 0 aromatic heterocycles. The SMILES string of the molecule is COc1ccc([C@H]2[C@@H](C(=O)N3CCN(C)CC3)c3cc(OC)c(OC)cc3C(=O)N2C)cc1. The molecule has 2 aliphatic heterocycles. The lowest BCUT2D eigenvalue weighted by Crippen LogP contribution is -2.52. The number of piperazine rings is 1. The van der Waals surface area contributed by atoms with Crippen LogP contribution in [0.15, 0.2) is 36.4 Å². The molecule has 0 saturated carbocycles. The molecule has 2 heterocycles. The molecule has 1 saturated heterocycles. The topological polar surface area (TPSA) is 71.5 Å². The van der Waals surface area contributed by atoms with Crippen LogP contribution in [0.3, 0.4) is 0 Å². The Kier molecular flexibility index (Phi) is 6.47. The van der Waals surface area contributed by atoms with E-state index in [-0.39, 0.29) is 11.8 Å². The van der Waals surface area contributed by atoms with Gasteiger partial charge in [-0.05, 0) is 42.4 Å². The molecule has 0 aliphatic carbocycles. The average Bonchev–Trinajstić information content (AvgIpc) is 2.85. The summed E-state index contributed by atoms with van der Waals surface area (Å²) in [5.74, 6) is 0.965. The highest BCUT2D eigenvalue weighted by Crippen LogP contribution is 2.46. The minimum atomic E-state index is -0.570. The number of amides is 2. The lowest BCUT2D eigenvalue weighted by molar-refractivity contribution is -0.136. The second kappa shape index (κ2) is 9.31. The molecule has 2 atom stereocenters. The molecule has 0 radical (unpaired) electrons. The van der Waals surface area contributed by atoms with Crippen molar-refractivity contribution in [1.82, 2.24) is 14.7 Å². The summed E-state index contributed by atoms with van der Waals surface area (Å²) in [5.41, 5.74) is 2.01. The fourth-order valence-corrected chi connectivity index (χ4v) is 4.76. The van der Waals surface area contributed by atoms with Crippen molar-refractivity contribution in [1.29, 1.82) is 0 Å². The highest BCUT2D eigenvalue weighted by atomic mass is 16.5. The van der Waals surface area contributed by atoms with Crippen LogP contribution in [0.1, 0.15) is 33.4 Å². The zero-order valence-electron chi connectivity index (χ0n) is 19.8. The fraction of sp³-hybridized carbons (Fsp3) is 0.440. The van der Waals surface area contributed by atoms with Crippen LogP contribution in [0.2, 0.25) is 0 Å². The Morgan fingerprint density at radius 3 is 2.06 bits per heavy atom. The Morgan fingerprint density at radius 2 is 1.48 bits per heavy atom. The molecule has 0 N–H and O–H groups in total. The van der Waals surface area contributed by atoms with Crippen LogP contribution >= 0.6 is 0 Å². The van der Waals surface area contributed by atoms with Crippen molar-refractivity contribution < 1.29 is 23.8 Å². The van der Waals surface area contributed by atoms with Crippen molar-refractivity contribution in [2.45, 2.75) is 12.0 Å². The summed E-state index contributed by atoms with van der Waals surface area (Å²) in [6, 6.07) is 10.6. The lowest BCUT2D eigenvalue weighted by Gasteiger charge is -2.43. The summed E-state index contributed by atoms with van der Waals surface area (Å²) in [7, 11) is 8.51. The normalized spacial score (nSPS) is 20.9. The van der Waals surface area contributed by atoms with Crippen LogP contribution in [0, 0.1) is 0 Å². The maximum absolute atomic E-state index is 14.0. The largest absolute Gasteiger partial charge is 0.497 e. The molecular weight excluding hydrogens is 422 g/mol. The second-order valence-corrected chi connectivity index (χ2v) is 8.53. The minimum Gasteiger partial charge on any atom is -0.497 e. The van der Waals surface area contributed by atoms with Gasteiger partial charge in [-0.3, -0.25) is 9.59 Å². The fourth-order valence-electron chi connectivity index (χ4n) is 4.76. The number of likely N-dealkylation sites (N-methyl/N-ethyl adjacent to an activating group) is 2. The number of hydrogen-bond acceptors (Lipinski definition) is 6. The van der Waals surface area contributed by atoms with Gasteiger partial charge in [-0.1, -0.05) is 12.1 Å². The molecule has 8 heteroatoms. The predicted molar refractivity (Wildman–Crippen MR) is 124 cm³/mol. The number of fused-ring (bicyclic) bond motifs is 1. The summed E-state index contributed by atoms with van der Waals surface area (Å²) < 4.78 is 16.3. The van der Waals surface area contributed by atoms with Gasteiger partial charge in [-0.15, -0.1) is 0 Å². The molecule has 1 fully saturated rings. The Labute approximate surface area is 194 Å². The number of hydrogen-bond donors (Lipinski definition) is 0. The first-order chi connectivity index (χ1) is 15.9. The average molecular weight is 454 g/mol. The maximum Gasteiger partial charge on any atom is 0.254 e. The Balaban J connectivity index is 1.86. The van der Waals surface area contributed by atoms with E-state index in [1.54, 1.807) is 38.3 Å². The smallest absolute Gasteiger partial charge is 0.254 e. The summed E-state index contributed by atoms with van der Waals surface area (Å²) in [6.45, 7) is 2.95. The van der Waals surface area contributed by atoms with Crippen LogP contribution in [-0.4, -0.2) is 88.1 Å². The summed E-state index contributed by atoms with van der Waals surface area (Å²) >= 11 is 0. The molecule has 33 heavy (non-hydrogen) atoms. The third kappa shape index (κ3) is 4.11. The Bertz CT molecular complexity index is 1030. The quantitative estimate of drug-likeness (QED) is 0.693. The molecule has 2 aromatic rings. The van der Waals surface area contributed by atoms with Crippen molar-refractivity contribution in [2.24, 2.45) is 0 Å². The number of rotatable bonds is 5. The highest BCUT2D eigenvalue weighted by molar-refractivity contribution is 6.02. The molecule has 2 aliphatic rings. The monoisotopic (exact) mass is 453 g/mol. The van der Waals surface area contributed by atoms with Gasteiger partial charge in [0.2, 0.25) is 5.91 Å². The first kappa shape index (κ1) is 22.9. The van der Waals surface area contributed by atoms with Crippen LogP contribution in [-0.2, 0) is 4.79 Å². The predicted octanol–water partition coefficient (Wildman–Crippen LogP) is 2.40. The first-order valence-electron chi connectivity index (χ1n) is 11.0. The van der Waals surface area contributed by atoms with Crippen LogP contribution in [0.25, 0.3) is 0 Å². The number of benzene rings is 2. The zero-order chi connectivity index (χ0) is 23.7. The molecule has 4 rings (SSSR count). The molecule has 2 aromatic carbocycles. The van der Waals surface area contributed by atoms with Gasteiger partial charge >= 0.3 is 0 Å². The third-order valence-electron chi connectivity index (χ3n) is 6.71. The summed E-state index contributed by atoms with van der Waals surface area (Å²) in [5, 5.41) is 0. The van der Waals surface area contributed by atoms with Gasteiger partial charge in [0.1, 0.15) is 5.75 Å². The summed E-state index contributed by atoms with van der Waals surface area (Å²) in [4.78, 5) is 33.2. The third-order valence-corrected chi connectivity index (χ3v) is 6.71. The summed E-state index contributed by atoms with van der Waals surface area (Å²) in [6.07, 6.45) is 0. The zero-order valence-corrected chi connectivity index (χ0v) is 19.8. The first-order valence-corrected chi connectivity index (χ1v) is 11.0. The van der Waals surface area contributed by atoms with Gasteiger partial charge in [0.25, 0.3) is 5.91 Å². The molecule has 2 amide bonds. The van der Waals surface area contributed by atoms with Gasteiger partial charge in [0, 0.05) is 38.8 Å². The van der Waals surface area contributed by atoms with E-state index in [0.717, 1.165) is 24.4 Å². The van der Waals surface area contributed by atoms with Gasteiger partial charge in [-0.25, -0.2) is 0 Å². The molecule has 0 bridgehead atoms. The van der Waals surface area contributed by atoms with Gasteiger partial charge in [-0.2, -0.15) is 0 Å². The molecular formula is C25H31N3O5. The number of carbonyl (C=O) groups excluding carboxylic acids is 2. The minimum absolute atomic E-state index is 0.0109. The maximum atomic E-state index is 14.0. The lowest BCUT2D eigenvalue weighted by atomic mass is 9.78. The molecule has 0 spiro atoms. The van der Waals surface area contributed by atoms with E-state index in [2.05, 4.69) is 11.9 Å². The van der Waals surface area contributed by atoms with E-state index in [0.29, 0.717) is 35.7 Å². The molecule has 0 unspecified atom stereocenters. The van der Waals surface area contributed by atoms with E-state index < -0.39 is 12.0 Å². The number of methoxy groups -OCH3 is 3. The van der Waals surface area contributed by atoms with Crippen molar-refractivity contribution >= 4 is 11.8 Å². The standard InChI is InChI=1S/C25H31N3O5/c1-26-10-12-28(13-11-26)25(30)22-18-14-20(32-4)21(33-5)15-19(18)24(29)27(2)23(22)16-6-8-17(31-3)9-7-16/h6-9,14-15,22-23H,10-13H2,1-5H3/t22-,23-/m0/s1. The van der Waals surface area contributed by atoms with E-state index in [1.165, 1.54) is 7.11 Å². The molecule has 176 valence electrons.